The van der Waals surface area contributed by atoms with E-state index >= 15 is 0 Å². The van der Waals surface area contributed by atoms with Crippen molar-refractivity contribution >= 4 is 11.8 Å². The monoisotopic (exact) mass is 383 g/mol. The van der Waals surface area contributed by atoms with E-state index in [0.29, 0.717) is 6.04 Å². The molecule has 0 radical (unpaired) electrons. The van der Waals surface area contributed by atoms with Gasteiger partial charge in [0.15, 0.2) is 0 Å². The second kappa shape index (κ2) is 9.21. The zero-order chi connectivity index (χ0) is 19.2. The van der Waals surface area contributed by atoms with E-state index in [4.69, 9.17) is 14.5 Å². The molecule has 2 aliphatic heterocycles. The predicted octanol–water partition coefficient (Wildman–Crippen LogP) is 2.40. The zero-order valence-corrected chi connectivity index (χ0v) is 16.5. The van der Waals surface area contributed by atoms with Crippen molar-refractivity contribution in [3.63, 3.8) is 0 Å². The van der Waals surface area contributed by atoms with E-state index in [0.717, 1.165) is 76.3 Å². The smallest absolute Gasteiger partial charge is 0.227 e. The van der Waals surface area contributed by atoms with Crippen LogP contribution in [0.15, 0.2) is 36.5 Å². The molecule has 7 heteroatoms. The first kappa shape index (κ1) is 19.0. The molecule has 1 aromatic carbocycles. The summed E-state index contributed by atoms with van der Waals surface area (Å²) in [5.41, 5.74) is 1.33. The number of ether oxygens (including phenoxy) is 2. The second-order valence-corrected chi connectivity index (χ2v) is 7.38. The quantitative estimate of drug-likeness (QED) is 0.822. The molecule has 1 N–H and O–H groups in total. The third-order valence-corrected chi connectivity index (χ3v) is 5.44. The van der Waals surface area contributed by atoms with Crippen molar-refractivity contribution in [2.24, 2.45) is 0 Å². The minimum absolute atomic E-state index is 0.458. The minimum atomic E-state index is 0.458. The van der Waals surface area contributed by atoms with Crippen LogP contribution in [0.3, 0.4) is 0 Å². The molecule has 0 spiro atoms. The first-order valence-corrected chi connectivity index (χ1v) is 10.1. The van der Waals surface area contributed by atoms with Gasteiger partial charge in [0.05, 0.1) is 20.3 Å². The summed E-state index contributed by atoms with van der Waals surface area (Å²) >= 11 is 0. The lowest BCUT2D eigenvalue weighted by Crippen LogP contribution is -2.39. The van der Waals surface area contributed by atoms with Crippen molar-refractivity contribution in [2.45, 2.75) is 25.4 Å². The topological polar surface area (TPSA) is 62.8 Å². The van der Waals surface area contributed by atoms with Gasteiger partial charge in [-0.1, -0.05) is 12.1 Å². The number of rotatable bonds is 6. The Bertz CT molecular complexity index is 741. The SMILES string of the molecule is COc1ccc(CN2CCC(Nc3ccnc(N4CCOCC4)n3)CC2)cc1. The van der Waals surface area contributed by atoms with Gasteiger partial charge in [-0.2, -0.15) is 4.98 Å². The molecular weight excluding hydrogens is 354 g/mol. The van der Waals surface area contributed by atoms with Crippen LogP contribution in [0.25, 0.3) is 0 Å². The van der Waals surface area contributed by atoms with E-state index in [-0.39, 0.29) is 0 Å². The van der Waals surface area contributed by atoms with Crippen LogP contribution in [0.1, 0.15) is 18.4 Å². The van der Waals surface area contributed by atoms with E-state index in [1.165, 1.54) is 5.56 Å². The molecule has 150 valence electrons. The summed E-state index contributed by atoms with van der Waals surface area (Å²) in [6.45, 7) is 6.36. The molecule has 2 fully saturated rings. The number of piperidine rings is 1. The van der Waals surface area contributed by atoms with Crippen LogP contribution in [0, 0.1) is 0 Å². The fourth-order valence-electron chi connectivity index (χ4n) is 3.78. The van der Waals surface area contributed by atoms with Crippen LogP contribution < -0.4 is 15.0 Å². The van der Waals surface area contributed by atoms with E-state index in [1.807, 2.05) is 24.4 Å². The van der Waals surface area contributed by atoms with Crippen LogP contribution in [0.4, 0.5) is 11.8 Å². The summed E-state index contributed by atoms with van der Waals surface area (Å²) in [6.07, 6.45) is 4.08. The first-order valence-electron chi connectivity index (χ1n) is 10.1. The van der Waals surface area contributed by atoms with Crippen LogP contribution >= 0.6 is 0 Å². The fraction of sp³-hybridized carbons (Fsp3) is 0.524. The molecule has 2 aliphatic rings. The Morgan fingerprint density at radius 1 is 1.07 bits per heavy atom. The molecule has 0 saturated carbocycles. The van der Waals surface area contributed by atoms with Crippen molar-refractivity contribution in [2.75, 3.05) is 56.7 Å². The lowest BCUT2D eigenvalue weighted by atomic mass is 10.0. The van der Waals surface area contributed by atoms with Crippen molar-refractivity contribution in [3.05, 3.63) is 42.1 Å². The van der Waals surface area contributed by atoms with E-state index in [1.54, 1.807) is 7.11 Å². The van der Waals surface area contributed by atoms with Crippen LogP contribution in [-0.2, 0) is 11.3 Å². The highest BCUT2D eigenvalue weighted by Crippen LogP contribution is 2.20. The van der Waals surface area contributed by atoms with Crippen molar-refractivity contribution < 1.29 is 9.47 Å². The van der Waals surface area contributed by atoms with Gasteiger partial charge in [0.2, 0.25) is 5.95 Å². The third-order valence-electron chi connectivity index (χ3n) is 5.44. The maximum atomic E-state index is 5.41. The molecule has 28 heavy (non-hydrogen) atoms. The van der Waals surface area contributed by atoms with Gasteiger partial charge >= 0.3 is 0 Å². The highest BCUT2D eigenvalue weighted by molar-refractivity contribution is 5.42. The highest BCUT2D eigenvalue weighted by Gasteiger charge is 2.20. The van der Waals surface area contributed by atoms with Gasteiger partial charge < -0.3 is 19.7 Å². The predicted molar refractivity (Wildman–Crippen MR) is 110 cm³/mol. The Morgan fingerprint density at radius 2 is 1.82 bits per heavy atom. The molecule has 7 nitrogen and oxygen atoms in total. The molecule has 4 rings (SSSR count). The van der Waals surface area contributed by atoms with Gasteiger partial charge in [0.1, 0.15) is 11.6 Å². The second-order valence-electron chi connectivity index (χ2n) is 7.38. The Balaban J connectivity index is 1.27. The van der Waals surface area contributed by atoms with E-state index in [9.17, 15) is 0 Å². The molecule has 0 atom stereocenters. The standard InChI is InChI=1S/C21H29N5O2/c1-27-19-4-2-17(3-5-19)16-25-10-7-18(8-11-25)23-20-6-9-22-21(24-20)26-12-14-28-15-13-26/h2-6,9,18H,7-8,10-16H2,1H3,(H,22,23,24). The molecule has 2 aromatic rings. The van der Waals surface area contributed by atoms with Gasteiger partial charge in [0, 0.05) is 45.0 Å². The van der Waals surface area contributed by atoms with E-state index < -0.39 is 0 Å². The number of nitrogens with zero attached hydrogens (tertiary/aromatic N) is 4. The summed E-state index contributed by atoms with van der Waals surface area (Å²) in [5.74, 6) is 2.63. The molecule has 0 unspecified atom stereocenters. The van der Waals surface area contributed by atoms with Gasteiger partial charge in [0.25, 0.3) is 0 Å². The maximum absolute atomic E-state index is 5.41. The lowest BCUT2D eigenvalue weighted by molar-refractivity contribution is 0.122. The van der Waals surface area contributed by atoms with Crippen molar-refractivity contribution in [1.29, 1.82) is 0 Å². The number of benzene rings is 1. The molecular formula is C21H29N5O2. The summed E-state index contributed by atoms with van der Waals surface area (Å²) in [6, 6.07) is 10.8. The van der Waals surface area contributed by atoms with Crippen LogP contribution in [0.5, 0.6) is 5.75 Å². The van der Waals surface area contributed by atoms with Crippen LogP contribution in [-0.4, -0.2) is 67.4 Å². The normalized spacial score (nSPS) is 18.8. The summed E-state index contributed by atoms with van der Waals surface area (Å²) in [5, 5.41) is 3.61. The third kappa shape index (κ3) is 4.91. The number of likely N-dealkylation sites (tertiary alicyclic amines) is 1. The van der Waals surface area contributed by atoms with Crippen LogP contribution in [0.2, 0.25) is 0 Å². The number of nitrogens with one attached hydrogen (secondary N) is 1. The van der Waals surface area contributed by atoms with E-state index in [2.05, 4.69) is 32.2 Å². The number of morpholine rings is 1. The number of hydrogen-bond acceptors (Lipinski definition) is 7. The molecule has 2 saturated heterocycles. The average Bonchev–Trinajstić information content (AvgIpc) is 2.76. The van der Waals surface area contributed by atoms with Gasteiger partial charge in [-0.25, -0.2) is 4.98 Å². The maximum Gasteiger partial charge on any atom is 0.227 e. The Morgan fingerprint density at radius 3 is 2.54 bits per heavy atom. The minimum Gasteiger partial charge on any atom is -0.497 e. The van der Waals surface area contributed by atoms with Crippen molar-refractivity contribution in [1.82, 2.24) is 14.9 Å². The number of hydrogen-bond donors (Lipinski definition) is 1. The molecule has 0 amide bonds. The summed E-state index contributed by atoms with van der Waals surface area (Å²) in [7, 11) is 1.70. The molecule has 0 aliphatic carbocycles. The van der Waals surface area contributed by atoms with Gasteiger partial charge in [-0.3, -0.25) is 4.90 Å². The number of anilines is 2. The fourth-order valence-corrected chi connectivity index (χ4v) is 3.78. The summed E-state index contributed by atoms with van der Waals surface area (Å²) < 4.78 is 10.6. The lowest BCUT2D eigenvalue weighted by Gasteiger charge is -2.33. The Kier molecular flexibility index (Phi) is 6.24. The van der Waals surface area contributed by atoms with Gasteiger partial charge in [-0.15, -0.1) is 0 Å². The number of methoxy groups -OCH3 is 1. The average molecular weight is 383 g/mol. The van der Waals surface area contributed by atoms with Crippen molar-refractivity contribution in [3.8, 4) is 5.75 Å². The first-order chi connectivity index (χ1) is 13.8. The Hall–Kier alpha value is -2.38. The Labute approximate surface area is 166 Å². The van der Waals surface area contributed by atoms with Gasteiger partial charge in [-0.05, 0) is 36.6 Å². The number of aromatic nitrogens is 2. The molecule has 3 heterocycles. The largest absolute Gasteiger partial charge is 0.497 e. The zero-order valence-electron chi connectivity index (χ0n) is 16.5. The molecule has 0 bridgehead atoms. The highest BCUT2D eigenvalue weighted by atomic mass is 16.5. The molecule has 1 aromatic heterocycles. The summed E-state index contributed by atoms with van der Waals surface area (Å²) in [4.78, 5) is 13.8.